The van der Waals surface area contributed by atoms with E-state index < -0.39 is 0 Å². The number of nitrogens with zero attached hydrogens (tertiary/aromatic N) is 1. The fraction of sp³-hybridized carbons (Fsp3) is 0.273. The molecule has 0 spiro atoms. The average molecular weight is 220 g/mol. The highest BCUT2D eigenvalue weighted by Crippen LogP contribution is 2.14. The third kappa shape index (κ3) is 2.33. The van der Waals surface area contributed by atoms with Crippen LogP contribution < -0.4 is 0 Å². The number of aryl methyl sites for hydroxylation is 2. The van der Waals surface area contributed by atoms with Crippen LogP contribution in [-0.2, 0) is 6.42 Å². The van der Waals surface area contributed by atoms with Gasteiger partial charge in [0.25, 0.3) is 4.84 Å². The van der Waals surface area contributed by atoms with Gasteiger partial charge in [0.05, 0.1) is 6.42 Å². The lowest BCUT2D eigenvalue weighted by atomic mass is 10.0. The molecule has 1 aromatic heterocycles. The van der Waals surface area contributed by atoms with Crippen molar-refractivity contribution in [3.63, 3.8) is 0 Å². The first-order valence-corrected chi connectivity index (χ1v) is 5.16. The van der Waals surface area contributed by atoms with Crippen LogP contribution in [0.2, 0.25) is 0 Å². The Bertz CT molecular complexity index is 527. The topological polar surface area (TPSA) is 41.8 Å². The van der Waals surface area contributed by atoms with E-state index in [4.69, 9.17) is 16.6 Å². The number of aromatic amines is 1. The summed E-state index contributed by atoms with van der Waals surface area (Å²) in [6.45, 7) is 4.15. The van der Waals surface area contributed by atoms with Gasteiger partial charge in [0.15, 0.2) is 0 Å². The minimum absolute atomic E-state index is 0.329. The number of H-pyrrole nitrogens is 1. The van der Waals surface area contributed by atoms with Crippen LogP contribution in [0.4, 0.5) is 0 Å². The molecule has 1 aromatic carbocycles. The first-order valence-electron chi connectivity index (χ1n) is 4.75. The molecule has 0 fully saturated rings. The third-order valence-corrected chi connectivity index (χ3v) is 2.50. The highest BCUT2D eigenvalue weighted by Gasteiger charge is 2.04. The fourth-order valence-electron chi connectivity index (χ4n) is 1.49. The van der Waals surface area contributed by atoms with Crippen molar-refractivity contribution >= 4 is 12.2 Å². The first-order chi connectivity index (χ1) is 7.15. The van der Waals surface area contributed by atoms with Gasteiger partial charge >= 0.3 is 0 Å². The Kier molecular flexibility index (Phi) is 2.68. The molecule has 0 unspecified atom stereocenters. The van der Waals surface area contributed by atoms with Gasteiger partial charge in [-0.2, -0.15) is 0 Å². The van der Waals surface area contributed by atoms with E-state index in [1.54, 1.807) is 0 Å². The van der Waals surface area contributed by atoms with Crippen LogP contribution in [0.25, 0.3) is 0 Å². The van der Waals surface area contributed by atoms with Crippen molar-refractivity contribution in [2.24, 2.45) is 0 Å². The summed E-state index contributed by atoms with van der Waals surface area (Å²) in [6.07, 6.45) is 0.681. The lowest BCUT2D eigenvalue weighted by molar-refractivity contribution is 0.491. The average Bonchev–Trinajstić information content (AvgIpc) is 2.58. The zero-order chi connectivity index (χ0) is 10.8. The van der Waals surface area contributed by atoms with Gasteiger partial charge < -0.3 is 4.42 Å². The van der Waals surface area contributed by atoms with E-state index in [0.717, 1.165) is 0 Å². The van der Waals surface area contributed by atoms with Crippen LogP contribution in [0.3, 0.4) is 0 Å². The smallest absolute Gasteiger partial charge is 0.284 e. The highest BCUT2D eigenvalue weighted by atomic mass is 32.1. The van der Waals surface area contributed by atoms with Gasteiger partial charge in [-0.1, -0.05) is 23.8 Å². The molecule has 0 amide bonds. The van der Waals surface area contributed by atoms with Crippen LogP contribution in [0.5, 0.6) is 0 Å². The number of rotatable bonds is 2. The number of nitrogens with one attached hydrogen (secondary N) is 1. The summed E-state index contributed by atoms with van der Waals surface area (Å²) in [5.74, 6) is 0.633. The van der Waals surface area contributed by atoms with Crippen molar-refractivity contribution in [2.45, 2.75) is 20.3 Å². The van der Waals surface area contributed by atoms with E-state index >= 15 is 0 Å². The van der Waals surface area contributed by atoms with E-state index in [1.807, 2.05) is 0 Å². The van der Waals surface area contributed by atoms with Crippen molar-refractivity contribution in [1.29, 1.82) is 0 Å². The summed E-state index contributed by atoms with van der Waals surface area (Å²) in [7, 11) is 0. The van der Waals surface area contributed by atoms with Crippen molar-refractivity contribution in [1.82, 2.24) is 10.2 Å². The molecule has 0 atom stereocenters. The quantitative estimate of drug-likeness (QED) is 0.791. The van der Waals surface area contributed by atoms with Crippen LogP contribution in [0.1, 0.15) is 22.6 Å². The second-order valence-corrected chi connectivity index (χ2v) is 3.98. The molecule has 0 radical (unpaired) electrons. The van der Waals surface area contributed by atoms with Crippen molar-refractivity contribution in [2.75, 3.05) is 0 Å². The Hall–Kier alpha value is -1.42. The molecule has 0 saturated heterocycles. The van der Waals surface area contributed by atoms with E-state index in [2.05, 4.69) is 42.2 Å². The summed E-state index contributed by atoms with van der Waals surface area (Å²) < 4.78 is 5.23. The van der Waals surface area contributed by atoms with Crippen molar-refractivity contribution in [3.05, 3.63) is 45.6 Å². The molecule has 78 valence electrons. The molecular formula is C11H12N2OS. The monoisotopic (exact) mass is 220 g/mol. The summed E-state index contributed by atoms with van der Waals surface area (Å²) in [4.78, 5) is 0.329. The zero-order valence-electron chi connectivity index (χ0n) is 8.70. The Morgan fingerprint density at radius 2 is 2.20 bits per heavy atom. The molecule has 0 aliphatic carbocycles. The van der Waals surface area contributed by atoms with E-state index in [-0.39, 0.29) is 0 Å². The fourth-order valence-corrected chi connectivity index (χ4v) is 1.63. The molecule has 1 heterocycles. The van der Waals surface area contributed by atoms with Crippen molar-refractivity contribution < 1.29 is 4.42 Å². The molecule has 3 nitrogen and oxygen atoms in total. The molecule has 15 heavy (non-hydrogen) atoms. The second-order valence-electron chi connectivity index (χ2n) is 3.61. The van der Waals surface area contributed by atoms with Gasteiger partial charge in [-0.25, -0.2) is 5.10 Å². The molecule has 0 aliphatic rings. The number of benzene rings is 1. The summed E-state index contributed by atoms with van der Waals surface area (Å²) >= 11 is 4.82. The molecule has 0 aliphatic heterocycles. The molecule has 2 rings (SSSR count). The van der Waals surface area contributed by atoms with Gasteiger partial charge in [0, 0.05) is 0 Å². The minimum Gasteiger partial charge on any atom is -0.414 e. The molecule has 0 bridgehead atoms. The highest BCUT2D eigenvalue weighted by molar-refractivity contribution is 7.71. The first kappa shape index (κ1) is 10.1. The predicted octanol–water partition coefficient (Wildman–Crippen LogP) is 2.94. The molecule has 2 aromatic rings. The van der Waals surface area contributed by atoms with Crippen molar-refractivity contribution in [3.8, 4) is 0 Å². The SMILES string of the molecule is Cc1ccc(C)c(Cc2n[nH]c(=S)o2)c1. The molecular weight excluding hydrogens is 208 g/mol. The maximum absolute atomic E-state index is 5.23. The van der Waals surface area contributed by atoms with Gasteiger partial charge in [-0.3, -0.25) is 0 Å². The number of hydrogen-bond acceptors (Lipinski definition) is 3. The Balaban J connectivity index is 2.31. The normalized spacial score (nSPS) is 10.5. The summed E-state index contributed by atoms with van der Waals surface area (Å²) in [6, 6.07) is 6.34. The Morgan fingerprint density at radius 1 is 1.40 bits per heavy atom. The van der Waals surface area contributed by atoms with Crippen LogP contribution in [0.15, 0.2) is 22.6 Å². The van der Waals surface area contributed by atoms with Gasteiger partial charge in [0.2, 0.25) is 5.89 Å². The lowest BCUT2D eigenvalue weighted by Gasteiger charge is -2.03. The number of aromatic nitrogens is 2. The van der Waals surface area contributed by atoms with Crippen LogP contribution >= 0.6 is 12.2 Å². The van der Waals surface area contributed by atoms with E-state index in [1.165, 1.54) is 16.7 Å². The Labute approximate surface area is 93.1 Å². The number of hydrogen-bond donors (Lipinski definition) is 1. The third-order valence-electron chi connectivity index (χ3n) is 2.33. The maximum Gasteiger partial charge on any atom is 0.284 e. The van der Waals surface area contributed by atoms with E-state index in [0.29, 0.717) is 17.1 Å². The molecule has 4 heteroatoms. The van der Waals surface area contributed by atoms with Crippen LogP contribution in [-0.4, -0.2) is 10.2 Å². The predicted molar refractivity (Wildman–Crippen MR) is 60.4 cm³/mol. The summed E-state index contributed by atoms with van der Waals surface area (Å²) in [5, 5.41) is 6.61. The zero-order valence-corrected chi connectivity index (χ0v) is 9.52. The minimum atomic E-state index is 0.329. The van der Waals surface area contributed by atoms with E-state index in [9.17, 15) is 0 Å². The van der Waals surface area contributed by atoms with Gasteiger partial charge in [-0.15, -0.1) is 5.10 Å². The lowest BCUT2D eigenvalue weighted by Crippen LogP contribution is -1.93. The second kappa shape index (κ2) is 3.98. The standard InChI is InChI=1S/C11H12N2OS/c1-7-3-4-8(2)9(5-7)6-10-12-13-11(15)14-10/h3-5H,6H2,1-2H3,(H,13,15). The van der Waals surface area contributed by atoms with Gasteiger partial charge in [0.1, 0.15) is 0 Å². The maximum atomic E-state index is 5.23. The van der Waals surface area contributed by atoms with Gasteiger partial charge in [-0.05, 0) is 37.2 Å². The Morgan fingerprint density at radius 3 is 2.87 bits per heavy atom. The molecule has 0 saturated carbocycles. The summed E-state index contributed by atoms with van der Waals surface area (Å²) in [5.41, 5.74) is 3.70. The largest absolute Gasteiger partial charge is 0.414 e. The van der Waals surface area contributed by atoms with Crippen LogP contribution in [0, 0.1) is 18.7 Å². The molecule has 1 N–H and O–H groups in total.